The number of hydrogen-bond acceptors (Lipinski definition) is 3. The van der Waals surface area contributed by atoms with E-state index in [2.05, 4.69) is 10.3 Å². The second kappa shape index (κ2) is 8.47. The van der Waals surface area contributed by atoms with Gasteiger partial charge < -0.3 is 14.6 Å². The average Bonchev–Trinajstić information content (AvgIpc) is 3.09. The normalized spacial score (nSPS) is 12.1. The molecule has 0 aliphatic carbocycles. The van der Waals surface area contributed by atoms with Crippen LogP contribution in [0.1, 0.15) is 25.8 Å². The number of rotatable bonds is 8. The van der Waals surface area contributed by atoms with Crippen molar-refractivity contribution in [2.75, 3.05) is 13.2 Å². The Morgan fingerprint density at radius 2 is 1.96 bits per heavy atom. The molecule has 136 valence electrons. The fourth-order valence-electron chi connectivity index (χ4n) is 2.72. The summed E-state index contributed by atoms with van der Waals surface area (Å²) >= 11 is 0. The molecule has 0 fully saturated rings. The summed E-state index contributed by atoms with van der Waals surface area (Å²) in [5.74, 6) is 0.337. The number of nitrogens with zero attached hydrogens (tertiary/aromatic N) is 2. The first-order valence-electron chi connectivity index (χ1n) is 8.73. The van der Waals surface area contributed by atoms with Crippen LogP contribution in [0.5, 0.6) is 5.75 Å². The number of nitrogens with one attached hydrogen (secondary N) is 1. The molecule has 0 saturated heterocycles. The number of benzene rings is 2. The van der Waals surface area contributed by atoms with Gasteiger partial charge in [-0.2, -0.15) is 0 Å². The van der Waals surface area contributed by atoms with Gasteiger partial charge in [-0.1, -0.05) is 12.1 Å². The van der Waals surface area contributed by atoms with E-state index in [1.807, 2.05) is 35.8 Å². The maximum atomic E-state index is 12.8. The molecule has 5 nitrogen and oxygen atoms in total. The van der Waals surface area contributed by atoms with Crippen LogP contribution in [0.25, 0.3) is 11.0 Å². The lowest BCUT2D eigenvalue weighted by atomic mass is 10.2. The number of aromatic nitrogens is 2. The molecular formula is C20H22FN3O2. The zero-order chi connectivity index (χ0) is 18.4. The van der Waals surface area contributed by atoms with Crippen LogP contribution < -0.4 is 10.1 Å². The number of carbonyl (C=O) groups is 1. The molecule has 1 N–H and O–H groups in total. The number of ether oxygens (including phenoxy) is 1. The summed E-state index contributed by atoms with van der Waals surface area (Å²) in [6.45, 7) is 2.98. The van der Waals surface area contributed by atoms with Gasteiger partial charge in [-0.3, -0.25) is 4.79 Å². The molecule has 1 unspecified atom stereocenters. The van der Waals surface area contributed by atoms with E-state index in [4.69, 9.17) is 4.74 Å². The van der Waals surface area contributed by atoms with Gasteiger partial charge in [0.25, 0.3) is 0 Å². The molecule has 6 heteroatoms. The number of para-hydroxylation sites is 2. The molecule has 3 rings (SSSR count). The maximum absolute atomic E-state index is 12.8. The molecule has 0 saturated carbocycles. The summed E-state index contributed by atoms with van der Waals surface area (Å²) in [7, 11) is 0. The fraction of sp³-hybridized carbons (Fsp3) is 0.300. The van der Waals surface area contributed by atoms with Crippen LogP contribution in [-0.4, -0.2) is 28.6 Å². The van der Waals surface area contributed by atoms with Gasteiger partial charge in [-0.05, 0) is 56.2 Å². The summed E-state index contributed by atoms with van der Waals surface area (Å²) in [6, 6.07) is 13.4. The number of fused-ring (bicyclic) bond motifs is 1. The van der Waals surface area contributed by atoms with E-state index in [9.17, 15) is 9.18 Å². The predicted octanol–water partition coefficient (Wildman–Crippen LogP) is 3.71. The van der Waals surface area contributed by atoms with Crippen molar-refractivity contribution in [3.05, 3.63) is 60.7 Å². The topological polar surface area (TPSA) is 56.1 Å². The van der Waals surface area contributed by atoms with Crippen LogP contribution in [0.2, 0.25) is 0 Å². The van der Waals surface area contributed by atoms with Crippen LogP contribution in [0, 0.1) is 5.82 Å². The second-order valence-electron chi connectivity index (χ2n) is 6.12. The maximum Gasteiger partial charge on any atom is 0.242 e. The van der Waals surface area contributed by atoms with Gasteiger partial charge in [-0.15, -0.1) is 0 Å². The lowest BCUT2D eigenvalue weighted by Crippen LogP contribution is -2.31. The van der Waals surface area contributed by atoms with Gasteiger partial charge in [0, 0.05) is 6.54 Å². The van der Waals surface area contributed by atoms with E-state index in [1.165, 1.54) is 12.1 Å². The molecule has 1 heterocycles. The van der Waals surface area contributed by atoms with Crippen LogP contribution >= 0.6 is 0 Å². The van der Waals surface area contributed by atoms with Crippen LogP contribution in [-0.2, 0) is 4.79 Å². The number of amides is 1. The number of imidazole rings is 1. The van der Waals surface area contributed by atoms with Gasteiger partial charge in [0.2, 0.25) is 5.91 Å². The first kappa shape index (κ1) is 17.9. The van der Waals surface area contributed by atoms with Crippen molar-refractivity contribution in [2.24, 2.45) is 0 Å². The highest BCUT2D eigenvalue weighted by molar-refractivity contribution is 5.83. The van der Waals surface area contributed by atoms with Gasteiger partial charge in [0.05, 0.1) is 24.0 Å². The van der Waals surface area contributed by atoms with Gasteiger partial charge >= 0.3 is 0 Å². The molecule has 0 aliphatic heterocycles. The Balaban J connectivity index is 1.39. The van der Waals surface area contributed by atoms with E-state index in [-0.39, 0.29) is 17.8 Å². The van der Waals surface area contributed by atoms with Crippen molar-refractivity contribution in [2.45, 2.75) is 25.8 Å². The highest BCUT2D eigenvalue weighted by Crippen LogP contribution is 2.17. The third kappa shape index (κ3) is 4.39. The molecule has 2 aromatic carbocycles. The Labute approximate surface area is 151 Å². The molecule has 0 radical (unpaired) electrons. The molecule has 1 amide bonds. The molecule has 3 aromatic rings. The quantitative estimate of drug-likeness (QED) is 0.627. The first-order chi connectivity index (χ1) is 12.6. The first-order valence-corrected chi connectivity index (χ1v) is 8.73. The summed E-state index contributed by atoms with van der Waals surface area (Å²) in [4.78, 5) is 16.7. The zero-order valence-electron chi connectivity index (χ0n) is 14.7. The predicted molar refractivity (Wildman–Crippen MR) is 98.6 cm³/mol. The monoisotopic (exact) mass is 355 g/mol. The van der Waals surface area contributed by atoms with Gasteiger partial charge in [0.1, 0.15) is 17.6 Å². The van der Waals surface area contributed by atoms with Crippen molar-refractivity contribution in [1.82, 2.24) is 14.9 Å². The third-order valence-electron chi connectivity index (χ3n) is 4.23. The molecule has 0 aliphatic rings. The Morgan fingerprint density at radius 3 is 2.77 bits per heavy atom. The van der Waals surface area contributed by atoms with Gasteiger partial charge in [0.15, 0.2) is 0 Å². The lowest BCUT2D eigenvalue weighted by Gasteiger charge is -2.14. The van der Waals surface area contributed by atoms with E-state index < -0.39 is 0 Å². The van der Waals surface area contributed by atoms with Gasteiger partial charge in [-0.25, -0.2) is 9.37 Å². The van der Waals surface area contributed by atoms with Crippen molar-refractivity contribution in [3.8, 4) is 5.75 Å². The minimum Gasteiger partial charge on any atom is -0.494 e. The Kier molecular flexibility index (Phi) is 5.84. The third-order valence-corrected chi connectivity index (χ3v) is 4.23. The van der Waals surface area contributed by atoms with E-state index in [0.717, 1.165) is 23.9 Å². The number of halogens is 1. The second-order valence-corrected chi connectivity index (χ2v) is 6.12. The number of unbranched alkanes of at least 4 members (excludes halogenated alkanes) is 1. The lowest BCUT2D eigenvalue weighted by molar-refractivity contribution is -0.123. The molecule has 26 heavy (non-hydrogen) atoms. The minimum absolute atomic E-state index is 0.0346. The van der Waals surface area contributed by atoms with E-state index in [0.29, 0.717) is 18.9 Å². The van der Waals surface area contributed by atoms with Crippen molar-refractivity contribution in [1.29, 1.82) is 0 Å². The van der Waals surface area contributed by atoms with Crippen molar-refractivity contribution < 1.29 is 13.9 Å². The standard InChI is InChI=1S/C20H22FN3O2/c1-15(24-14-23-18-6-2-3-7-19(18)24)20(25)22-12-4-5-13-26-17-10-8-16(21)9-11-17/h2-3,6-11,14-15H,4-5,12-13H2,1H3,(H,22,25). The Hall–Kier alpha value is -2.89. The Morgan fingerprint density at radius 1 is 1.19 bits per heavy atom. The number of hydrogen-bond donors (Lipinski definition) is 1. The summed E-state index contributed by atoms with van der Waals surface area (Å²) in [5, 5.41) is 2.95. The molecular weight excluding hydrogens is 333 g/mol. The molecule has 0 spiro atoms. The van der Waals surface area contributed by atoms with Crippen molar-refractivity contribution >= 4 is 16.9 Å². The Bertz CT molecular complexity index is 861. The smallest absolute Gasteiger partial charge is 0.242 e. The SMILES string of the molecule is CC(C(=O)NCCCCOc1ccc(F)cc1)n1cnc2ccccc21. The summed E-state index contributed by atoms with van der Waals surface area (Å²) in [5.41, 5.74) is 1.83. The fourth-order valence-corrected chi connectivity index (χ4v) is 2.72. The number of carbonyl (C=O) groups excluding carboxylic acids is 1. The van der Waals surface area contributed by atoms with Crippen LogP contribution in [0.4, 0.5) is 4.39 Å². The average molecular weight is 355 g/mol. The zero-order valence-corrected chi connectivity index (χ0v) is 14.7. The largest absolute Gasteiger partial charge is 0.494 e. The molecule has 1 atom stereocenters. The minimum atomic E-state index is -0.321. The molecule has 0 bridgehead atoms. The van der Waals surface area contributed by atoms with Crippen molar-refractivity contribution in [3.63, 3.8) is 0 Å². The molecule has 1 aromatic heterocycles. The van der Waals surface area contributed by atoms with E-state index in [1.54, 1.807) is 18.5 Å². The highest BCUT2D eigenvalue weighted by Gasteiger charge is 2.16. The summed E-state index contributed by atoms with van der Waals surface area (Å²) < 4.78 is 20.2. The van der Waals surface area contributed by atoms with E-state index >= 15 is 0 Å². The van der Waals surface area contributed by atoms with Crippen LogP contribution in [0.3, 0.4) is 0 Å². The van der Waals surface area contributed by atoms with Crippen LogP contribution in [0.15, 0.2) is 54.9 Å². The highest BCUT2D eigenvalue weighted by atomic mass is 19.1. The summed E-state index contributed by atoms with van der Waals surface area (Å²) in [6.07, 6.45) is 3.32.